The first-order chi connectivity index (χ1) is 20.5. The van der Waals surface area contributed by atoms with Crippen LogP contribution in [0, 0.1) is 6.92 Å². The van der Waals surface area contributed by atoms with Gasteiger partial charge in [-0.05, 0) is 68.4 Å². The maximum absolute atomic E-state index is 13.7. The summed E-state index contributed by atoms with van der Waals surface area (Å²) in [6.45, 7) is 4.48. The molecule has 42 heavy (non-hydrogen) atoms. The van der Waals surface area contributed by atoms with Gasteiger partial charge in [-0.15, -0.1) is 5.10 Å². The minimum absolute atomic E-state index is 0.0427. The fraction of sp³-hybridized carbons (Fsp3) is 0.324. The first-order valence-electron chi connectivity index (χ1n) is 14.6. The van der Waals surface area contributed by atoms with Crippen molar-refractivity contribution in [1.29, 1.82) is 0 Å². The number of benzene rings is 3. The number of fused-ring (bicyclic) bond motifs is 1. The highest BCUT2D eigenvalue weighted by molar-refractivity contribution is 7.98. The van der Waals surface area contributed by atoms with Crippen molar-refractivity contribution >= 4 is 23.7 Å². The Labute approximate surface area is 251 Å². The molecule has 1 aliphatic heterocycles. The highest BCUT2D eigenvalue weighted by Crippen LogP contribution is 2.38. The van der Waals surface area contributed by atoms with E-state index in [-0.39, 0.29) is 12.1 Å². The number of hydrogen-bond donors (Lipinski definition) is 1. The van der Waals surface area contributed by atoms with Crippen molar-refractivity contribution in [1.82, 2.24) is 14.8 Å². The third-order valence-electron chi connectivity index (χ3n) is 7.81. The van der Waals surface area contributed by atoms with E-state index >= 15 is 0 Å². The summed E-state index contributed by atoms with van der Waals surface area (Å²) in [5.41, 5.74) is 5.75. The van der Waals surface area contributed by atoms with Crippen LogP contribution in [-0.4, -0.2) is 26.8 Å². The molecule has 0 saturated heterocycles. The van der Waals surface area contributed by atoms with E-state index in [4.69, 9.17) is 19.6 Å². The Kier molecular flexibility index (Phi) is 8.60. The number of anilines is 1. The van der Waals surface area contributed by atoms with Crippen LogP contribution in [0.2, 0.25) is 0 Å². The van der Waals surface area contributed by atoms with Gasteiger partial charge in [-0.25, -0.2) is 9.48 Å². The molecule has 216 valence electrons. The zero-order valence-corrected chi connectivity index (χ0v) is 24.9. The molecule has 3 aromatic carbocycles. The number of nitrogens with one attached hydrogen (secondary N) is 1. The fourth-order valence-corrected chi connectivity index (χ4v) is 6.27. The molecule has 0 bridgehead atoms. The second kappa shape index (κ2) is 12.9. The quantitative estimate of drug-likeness (QED) is 0.161. The topological polar surface area (TPSA) is 78.3 Å². The number of hydrogen-bond acceptors (Lipinski definition) is 7. The molecule has 1 N–H and O–H groups in total. The first-order valence-corrected chi connectivity index (χ1v) is 15.6. The molecule has 1 aliphatic carbocycles. The highest BCUT2D eigenvalue weighted by Gasteiger charge is 2.36. The average molecular weight is 581 g/mol. The van der Waals surface area contributed by atoms with E-state index in [2.05, 4.69) is 48.6 Å². The lowest BCUT2D eigenvalue weighted by Crippen LogP contribution is -2.32. The third kappa shape index (κ3) is 6.54. The van der Waals surface area contributed by atoms with Crippen LogP contribution >= 0.6 is 11.8 Å². The van der Waals surface area contributed by atoms with Gasteiger partial charge in [0.25, 0.3) is 0 Å². The van der Waals surface area contributed by atoms with Crippen molar-refractivity contribution in [2.24, 2.45) is 0 Å². The fourth-order valence-electron chi connectivity index (χ4n) is 5.48. The SMILES string of the molecule is CC1=C(C(=O)OC2CCCCC2)C(c2ccc(OCc3ccc(C)cc3)cc2)n2nc(SCc3ccccc3)nc2N1. The number of thioether (sulfide) groups is 1. The van der Waals surface area contributed by atoms with Crippen LogP contribution in [0.4, 0.5) is 5.95 Å². The van der Waals surface area contributed by atoms with E-state index in [1.807, 2.05) is 54.1 Å². The lowest BCUT2D eigenvalue weighted by Gasteiger charge is -2.30. The maximum Gasteiger partial charge on any atom is 0.338 e. The summed E-state index contributed by atoms with van der Waals surface area (Å²) in [7, 11) is 0. The lowest BCUT2D eigenvalue weighted by atomic mass is 9.95. The van der Waals surface area contributed by atoms with Crippen LogP contribution < -0.4 is 10.1 Å². The van der Waals surface area contributed by atoms with E-state index in [1.54, 1.807) is 11.8 Å². The van der Waals surface area contributed by atoms with Crippen LogP contribution in [0.1, 0.15) is 67.3 Å². The van der Waals surface area contributed by atoms with Gasteiger partial charge in [0, 0.05) is 11.4 Å². The number of allylic oxidation sites excluding steroid dienone is 1. The first kappa shape index (κ1) is 28.1. The Morgan fingerprint density at radius 3 is 2.40 bits per heavy atom. The molecular formula is C34H36N4O3S. The largest absolute Gasteiger partial charge is 0.489 e. The molecule has 8 heteroatoms. The van der Waals surface area contributed by atoms with Gasteiger partial charge in [0.15, 0.2) is 0 Å². The van der Waals surface area contributed by atoms with E-state index in [0.29, 0.717) is 23.3 Å². The zero-order chi connectivity index (χ0) is 28.9. The molecule has 2 heterocycles. The summed E-state index contributed by atoms with van der Waals surface area (Å²) in [5, 5.41) is 8.86. The van der Waals surface area contributed by atoms with Crippen molar-refractivity contribution < 1.29 is 14.3 Å². The summed E-state index contributed by atoms with van der Waals surface area (Å²) < 4.78 is 14.0. The lowest BCUT2D eigenvalue weighted by molar-refractivity contribution is -0.146. The Morgan fingerprint density at radius 2 is 1.67 bits per heavy atom. The molecule has 0 amide bonds. The summed E-state index contributed by atoms with van der Waals surface area (Å²) in [5.74, 6) is 1.83. The average Bonchev–Trinajstić information content (AvgIpc) is 3.43. The van der Waals surface area contributed by atoms with E-state index in [9.17, 15) is 4.79 Å². The molecule has 1 atom stereocenters. The number of aromatic nitrogens is 3. The van der Waals surface area contributed by atoms with Gasteiger partial charge in [-0.1, -0.05) is 90.5 Å². The van der Waals surface area contributed by atoms with Crippen LogP contribution in [0.25, 0.3) is 0 Å². The summed E-state index contributed by atoms with van der Waals surface area (Å²) in [4.78, 5) is 18.5. The molecule has 0 spiro atoms. The van der Waals surface area contributed by atoms with Gasteiger partial charge < -0.3 is 14.8 Å². The minimum Gasteiger partial charge on any atom is -0.489 e. The van der Waals surface area contributed by atoms with Gasteiger partial charge in [0.2, 0.25) is 11.1 Å². The van der Waals surface area contributed by atoms with Crippen molar-refractivity contribution in [3.63, 3.8) is 0 Å². The highest BCUT2D eigenvalue weighted by atomic mass is 32.2. The summed E-state index contributed by atoms with van der Waals surface area (Å²) >= 11 is 1.57. The van der Waals surface area contributed by atoms with Crippen molar-refractivity contribution in [2.45, 2.75) is 75.6 Å². The monoisotopic (exact) mass is 580 g/mol. The van der Waals surface area contributed by atoms with Crippen molar-refractivity contribution in [2.75, 3.05) is 5.32 Å². The number of aryl methyl sites for hydroxylation is 1. The van der Waals surface area contributed by atoms with Crippen LogP contribution in [-0.2, 0) is 21.9 Å². The Hall–Kier alpha value is -4.04. The summed E-state index contributed by atoms with van der Waals surface area (Å²) in [6, 6.07) is 26.0. The molecule has 4 aromatic rings. The minimum atomic E-state index is -0.470. The predicted octanol–water partition coefficient (Wildman–Crippen LogP) is 7.62. The van der Waals surface area contributed by atoms with Gasteiger partial charge >= 0.3 is 5.97 Å². The third-order valence-corrected chi connectivity index (χ3v) is 8.72. The van der Waals surface area contributed by atoms with Crippen LogP contribution in [0.5, 0.6) is 5.75 Å². The van der Waals surface area contributed by atoms with Crippen molar-refractivity contribution in [3.8, 4) is 5.75 Å². The molecule has 7 nitrogen and oxygen atoms in total. The Balaban J connectivity index is 1.26. The Morgan fingerprint density at radius 1 is 0.929 bits per heavy atom. The second-order valence-corrected chi connectivity index (χ2v) is 12.0. The molecule has 1 aromatic heterocycles. The van der Waals surface area contributed by atoms with Crippen molar-refractivity contribution in [3.05, 3.63) is 112 Å². The molecule has 2 aliphatic rings. The van der Waals surface area contributed by atoms with E-state index in [1.165, 1.54) is 17.5 Å². The number of carbonyl (C=O) groups is 1. The van der Waals surface area contributed by atoms with Crippen LogP contribution in [0.15, 0.2) is 95.3 Å². The molecule has 6 rings (SSSR count). The van der Waals surface area contributed by atoms with E-state index < -0.39 is 6.04 Å². The number of esters is 1. The summed E-state index contributed by atoms with van der Waals surface area (Å²) in [6.07, 6.45) is 5.17. The second-order valence-electron chi connectivity index (χ2n) is 11.0. The van der Waals surface area contributed by atoms with Gasteiger partial charge in [-0.2, -0.15) is 4.98 Å². The van der Waals surface area contributed by atoms with E-state index in [0.717, 1.165) is 54.0 Å². The normalized spacial score (nSPS) is 17.0. The Bertz CT molecular complexity index is 1540. The molecule has 1 unspecified atom stereocenters. The number of nitrogens with zero attached hydrogens (tertiary/aromatic N) is 3. The zero-order valence-electron chi connectivity index (χ0n) is 24.1. The number of rotatable bonds is 9. The predicted molar refractivity (Wildman–Crippen MR) is 165 cm³/mol. The molecular weight excluding hydrogens is 544 g/mol. The van der Waals surface area contributed by atoms with Gasteiger partial charge in [0.05, 0.1) is 5.57 Å². The maximum atomic E-state index is 13.7. The standard InChI is InChI=1S/C34H36N4O3S/c1-23-13-15-25(16-14-23)21-40-28-19-17-27(18-20-28)31-30(32(39)41-29-11-7-4-8-12-29)24(2)35-33-36-34(37-38(31)33)42-22-26-9-5-3-6-10-26/h3,5-6,9-10,13-20,29,31H,4,7-8,11-12,21-22H2,1-2H3,(H,35,36,37). The smallest absolute Gasteiger partial charge is 0.338 e. The molecule has 0 radical (unpaired) electrons. The number of carbonyl (C=O) groups excluding carboxylic acids is 1. The van der Waals surface area contributed by atoms with Gasteiger partial charge in [0.1, 0.15) is 24.5 Å². The molecule has 1 saturated carbocycles. The van der Waals surface area contributed by atoms with Gasteiger partial charge in [-0.3, -0.25) is 0 Å². The van der Waals surface area contributed by atoms with Crippen LogP contribution in [0.3, 0.4) is 0 Å². The number of ether oxygens (including phenoxy) is 2. The molecule has 1 fully saturated rings.